The summed E-state index contributed by atoms with van der Waals surface area (Å²) >= 11 is 0. The maximum absolute atomic E-state index is 13.0. The van der Waals surface area contributed by atoms with E-state index in [2.05, 4.69) is 24.3 Å². The molecule has 38 heavy (non-hydrogen) atoms. The van der Waals surface area contributed by atoms with E-state index in [4.69, 9.17) is 23.9 Å². The zero-order valence-corrected chi connectivity index (χ0v) is 22.3. The highest BCUT2D eigenvalue weighted by molar-refractivity contribution is 5.89. The first-order valence-electron chi connectivity index (χ1n) is 13.6. The molecule has 3 aliphatic rings. The fourth-order valence-corrected chi connectivity index (χ4v) is 5.48. The van der Waals surface area contributed by atoms with Crippen molar-refractivity contribution in [3.63, 3.8) is 0 Å². The molecule has 5 rings (SSSR count). The lowest BCUT2D eigenvalue weighted by molar-refractivity contribution is -0.447. The third kappa shape index (κ3) is 6.43. The minimum Gasteiger partial charge on any atom is -0.458 e. The van der Waals surface area contributed by atoms with Gasteiger partial charge in [0.1, 0.15) is 17.7 Å². The lowest BCUT2D eigenvalue weighted by atomic mass is 9.81. The maximum atomic E-state index is 13.0. The summed E-state index contributed by atoms with van der Waals surface area (Å²) in [5.41, 5.74) is 1.06. The summed E-state index contributed by atoms with van der Waals surface area (Å²) in [5.74, 6) is -0.653. The number of fused-ring (bicyclic) bond motifs is 1. The summed E-state index contributed by atoms with van der Waals surface area (Å²) < 4.78 is 18.1. The molecule has 2 heterocycles. The van der Waals surface area contributed by atoms with Gasteiger partial charge in [-0.1, -0.05) is 66.6 Å². The molecule has 1 aliphatic carbocycles. The quantitative estimate of drug-likeness (QED) is 0.470. The van der Waals surface area contributed by atoms with Gasteiger partial charge in [0.25, 0.3) is 0 Å². The lowest BCUT2D eigenvalue weighted by Gasteiger charge is -2.41. The average molecular weight is 524 g/mol. The summed E-state index contributed by atoms with van der Waals surface area (Å²) in [6.45, 7) is 5.43. The first-order chi connectivity index (χ1) is 18.3. The molecular formula is C30H37NO7. The Balaban J connectivity index is 1.33. The summed E-state index contributed by atoms with van der Waals surface area (Å²) in [5, 5.41) is 1.30. The highest BCUT2D eigenvalue weighted by Gasteiger charge is 2.51. The van der Waals surface area contributed by atoms with Crippen molar-refractivity contribution in [3.8, 4) is 0 Å². The van der Waals surface area contributed by atoms with E-state index in [1.807, 2.05) is 32.9 Å². The number of esters is 2. The van der Waals surface area contributed by atoms with Gasteiger partial charge in [-0.2, -0.15) is 0 Å². The van der Waals surface area contributed by atoms with E-state index >= 15 is 0 Å². The molecule has 8 nitrogen and oxygen atoms in total. The molecule has 6 atom stereocenters. The van der Waals surface area contributed by atoms with Crippen molar-refractivity contribution < 1.29 is 33.5 Å². The number of rotatable bonds is 6. The highest BCUT2D eigenvalue weighted by Crippen LogP contribution is 2.39. The molecule has 2 saturated heterocycles. The van der Waals surface area contributed by atoms with E-state index in [1.165, 1.54) is 10.8 Å². The number of carbonyl (C=O) groups is 2. The van der Waals surface area contributed by atoms with Crippen LogP contribution in [0.15, 0.2) is 60.7 Å². The van der Waals surface area contributed by atoms with Crippen LogP contribution in [0.3, 0.4) is 0 Å². The predicted molar refractivity (Wildman–Crippen MR) is 139 cm³/mol. The standard InChI is InChI=1S/C30H37NO7/c1-30(2,3)36-29(33)26-18-23-25(35-28(32)21-14-8-5-9-15-21)19-27(38-31(23)37-26)34-24-17-11-10-16-22(24)20-12-6-4-7-13-20/h4-9,12-15,22-27H,10-11,16-19H2,1-3H3/t22-,23+,24+,25-,26+,27-/m0/s1. The second-order valence-electron chi connectivity index (χ2n) is 11.3. The predicted octanol–water partition coefficient (Wildman–Crippen LogP) is 5.33. The summed E-state index contributed by atoms with van der Waals surface area (Å²) in [6.07, 6.45) is 2.63. The van der Waals surface area contributed by atoms with Gasteiger partial charge in [-0.3, -0.25) is 4.84 Å². The van der Waals surface area contributed by atoms with Gasteiger partial charge in [0.15, 0.2) is 12.4 Å². The summed E-state index contributed by atoms with van der Waals surface area (Å²) in [4.78, 5) is 37.8. The van der Waals surface area contributed by atoms with Crippen molar-refractivity contribution in [1.29, 1.82) is 0 Å². The van der Waals surface area contributed by atoms with Gasteiger partial charge in [0, 0.05) is 18.8 Å². The molecule has 0 radical (unpaired) electrons. The Kier molecular flexibility index (Phi) is 8.14. The minimum absolute atomic E-state index is 0.0394. The molecular weight excluding hydrogens is 486 g/mol. The number of nitrogens with zero attached hydrogens (tertiary/aromatic N) is 1. The Morgan fingerprint density at radius 3 is 2.26 bits per heavy atom. The third-order valence-electron chi connectivity index (χ3n) is 7.23. The van der Waals surface area contributed by atoms with Crippen molar-refractivity contribution in [2.75, 3.05) is 0 Å². The molecule has 2 aliphatic heterocycles. The van der Waals surface area contributed by atoms with Crippen molar-refractivity contribution in [2.24, 2.45) is 0 Å². The fraction of sp³-hybridized carbons (Fsp3) is 0.533. The average Bonchev–Trinajstić information content (AvgIpc) is 3.34. The Morgan fingerprint density at radius 2 is 1.55 bits per heavy atom. The van der Waals surface area contributed by atoms with Crippen LogP contribution in [-0.2, 0) is 28.7 Å². The van der Waals surface area contributed by atoms with Crippen molar-refractivity contribution >= 4 is 11.9 Å². The van der Waals surface area contributed by atoms with Crippen LogP contribution in [0.1, 0.15) is 81.1 Å². The molecule has 3 fully saturated rings. The van der Waals surface area contributed by atoms with Crippen LogP contribution in [-0.4, -0.2) is 53.4 Å². The summed E-state index contributed by atoms with van der Waals surface area (Å²) in [7, 11) is 0. The Labute approximate surface area is 224 Å². The van der Waals surface area contributed by atoms with Crippen LogP contribution in [0.4, 0.5) is 0 Å². The fourth-order valence-electron chi connectivity index (χ4n) is 5.48. The van der Waals surface area contributed by atoms with E-state index in [1.54, 1.807) is 24.3 Å². The SMILES string of the molecule is CC(C)(C)OC(=O)[C@H]1C[C@@H]2[C@@H](OC(=O)c3ccccc3)C[C@@H](O[C@@H]3CCCC[C@H]3c3ccccc3)ON2O1. The van der Waals surface area contributed by atoms with Crippen LogP contribution in [0, 0.1) is 0 Å². The normalized spacial score (nSPS) is 29.9. The van der Waals surface area contributed by atoms with Crippen molar-refractivity contribution in [2.45, 2.75) is 101 Å². The molecule has 0 spiro atoms. The van der Waals surface area contributed by atoms with E-state index in [0.29, 0.717) is 12.0 Å². The van der Waals surface area contributed by atoms with Crippen molar-refractivity contribution in [3.05, 3.63) is 71.8 Å². The van der Waals surface area contributed by atoms with Crippen LogP contribution in [0.25, 0.3) is 0 Å². The van der Waals surface area contributed by atoms with Gasteiger partial charge in [0.05, 0.1) is 11.7 Å². The number of benzene rings is 2. The Bertz CT molecular complexity index is 1090. The zero-order valence-electron chi connectivity index (χ0n) is 22.3. The van der Waals surface area contributed by atoms with E-state index in [0.717, 1.165) is 25.7 Å². The van der Waals surface area contributed by atoms with E-state index < -0.39 is 42.1 Å². The van der Waals surface area contributed by atoms with E-state index in [9.17, 15) is 9.59 Å². The first-order valence-corrected chi connectivity index (χ1v) is 13.6. The monoisotopic (exact) mass is 523 g/mol. The number of carbonyl (C=O) groups excluding carboxylic acids is 2. The van der Waals surface area contributed by atoms with Crippen LogP contribution < -0.4 is 0 Å². The molecule has 2 aromatic carbocycles. The molecule has 0 N–H and O–H groups in total. The van der Waals surface area contributed by atoms with Gasteiger partial charge in [-0.15, -0.1) is 0 Å². The van der Waals surface area contributed by atoms with E-state index in [-0.39, 0.29) is 18.4 Å². The topological polar surface area (TPSA) is 83.5 Å². The smallest absolute Gasteiger partial charge is 0.338 e. The molecule has 0 unspecified atom stereocenters. The maximum Gasteiger partial charge on any atom is 0.338 e. The largest absolute Gasteiger partial charge is 0.458 e. The van der Waals surface area contributed by atoms with Crippen LogP contribution >= 0.6 is 0 Å². The number of ether oxygens (including phenoxy) is 3. The molecule has 2 aromatic rings. The molecule has 1 saturated carbocycles. The first kappa shape index (κ1) is 26.8. The van der Waals surface area contributed by atoms with Crippen molar-refractivity contribution in [1.82, 2.24) is 5.23 Å². The third-order valence-corrected chi connectivity index (χ3v) is 7.23. The minimum atomic E-state index is -0.859. The Morgan fingerprint density at radius 1 is 0.868 bits per heavy atom. The Hall–Kier alpha value is -2.78. The van der Waals surface area contributed by atoms with Gasteiger partial charge in [-0.25, -0.2) is 14.4 Å². The summed E-state index contributed by atoms with van der Waals surface area (Å²) in [6, 6.07) is 18.8. The molecule has 0 aromatic heterocycles. The van der Waals surface area contributed by atoms with Crippen LogP contribution in [0.5, 0.6) is 0 Å². The number of hydrogen-bond donors (Lipinski definition) is 0. The molecule has 8 heteroatoms. The number of hydroxylamine groups is 2. The molecule has 0 bridgehead atoms. The van der Waals surface area contributed by atoms with Gasteiger partial charge >= 0.3 is 11.9 Å². The molecule has 204 valence electrons. The second kappa shape index (κ2) is 11.5. The van der Waals surface area contributed by atoms with Gasteiger partial charge in [-0.05, 0) is 51.3 Å². The van der Waals surface area contributed by atoms with Crippen LogP contribution in [0.2, 0.25) is 0 Å². The van der Waals surface area contributed by atoms with Gasteiger partial charge in [0.2, 0.25) is 0 Å². The second-order valence-corrected chi connectivity index (χ2v) is 11.3. The van der Waals surface area contributed by atoms with Gasteiger partial charge < -0.3 is 14.2 Å². The number of hydrogen-bond acceptors (Lipinski definition) is 8. The highest BCUT2D eigenvalue weighted by atomic mass is 17.0. The lowest BCUT2D eigenvalue weighted by Crippen LogP contribution is -2.51. The molecule has 0 amide bonds. The zero-order chi connectivity index (χ0) is 26.7.